The summed E-state index contributed by atoms with van der Waals surface area (Å²) in [5.74, 6) is 0. The molecule has 118 valence electrons. The molecule has 1 heterocycles. The van der Waals surface area contributed by atoms with Crippen molar-refractivity contribution in [2.24, 2.45) is 0 Å². The van der Waals surface area contributed by atoms with Crippen molar-refractivity contribution in [3.63, 3.8) is 0 Å². The number of benzene rings is 2. The van der Waals surface area contributed by atoms with Gasteiger partial charge in [0.05, 0.1) is 6.04 Å². The quantitative estimate of drug-likeness (QED) is 0.689. The summed E-state index contributed by atoms with van der Waals surface area (Å²) in [6, 6.07) is 22.0. The van der Waals surface area contributed by atoms with Gasteiger partial charge in [0.2, 0.25) is 0 Å². The minimum absolute atomic E-state index is 0.486. The summed E-state index contributed by atoms with van der Waals surface area (Å²) in [4.78, 5) is 2.49. The highest BCUT2D eigenvalue weighted by Gasteiger charge is 2.23. The summed E-state index contributed by atoms with van der Waals surface area (Å²) < 4.78 is 0. The molecule has 0 aromatic heterocycles. The van der Waals surface area contributed by atoms with Gasteiger partial charge in [-0.05, 0) is 41.2 Å². The van der Waals surface area contributed by atoms with Crippen LogP contribution in [0.4, 0.5) is 0 Å². The summed E-state index contributed by atoms with van der Waals surface area (Å²) in [6.45, 7) is 5.54. The minimum atomic E-state index is 0.486. The molecule has 2 aromatic carbocycles. The number of hydrogen-bond acceptors (Lipinski definition) is 1. The lowest BCUT2D eigenvalue weighted by molar-refractivity contribution is 0.286. The first-order chi connectivity index (χ1) is 11.3. The molecule has 1 nitrogen and oxygen atoms in total. The van der Waals surface area contributed by atoms with Crippen LogP contribution in [-0.4, -0.2) is 10.9 Å². The summed E-state index contributed by atoms with van der Waals surface area (Å²) in [7, 11) is 0. The van der Waals surface area contributed by atoms with Crippen LogP contribution in [0, 0.1) is 0 Å². The fourth-order valence-corrected chi connectivity index (χ4v) is 3.52. The van der Waals surface area contributed by atoms with Gasteiger partial charge >= 0.3 is 0 Å². The molecule has 0 saturated carbocycles. The molecule has 0 bridgehead atoms. The van der Waals surface area contributed by atoms with Crippen LogP contribution in [0.2, 0.25) is 0 Å². The van der Waals surface area contributed by atoms with Gasteiger partial charge < -0.3 is 4.90 Å². The van der Waals surface area contributed by atoms with E-state index in [1.165, 1.54) is 16.7 Å². The maximum atomic E-state index is 2.49. The predicted molar refractivity (Wildman–Crippen MR) is 98.9 cm³/mol. The number of rotatable bonds is 5. The van der Waals surface area contributed by atoms with E-state index in [4.69, 9.17) is 0 Å². The van der Waals surface area contributed by atoms with Crippen molar-refractivity contribution in [2.75, 3.05) is 0 Å². The SMILES string of the molecule is CCC1=C(c2ccccc2)C=CN(Cc2ccccc2)C1CC. The fraction of sp³-hybridized carbons (Fsp3) is 0.273. The average Bonchev–Trinajstić information content (AvgIpc) is 2.62. The third-order valence-electron chi connectivity index (χ3n) is 4.64. The molecule has 0 radical (unpaired) electrons. The van der Waals surface area contributed by atoms with Crippen molar-refractivity contribution in [2.45, 2.75) is 39.3 Å². The van der Waals surface area contributed by atoms with Crippen LogP contribution in [0.3, 0.4) is 0 Å². The van der Waals surface area contributed by atoms with Crippen LogP contribution in [0.5, 0.6) is 0 Å². The Balaban J connectivity index is 1.91. The van der Waals surface area contributed by atoms with Gasteiger partial charge in [-0.3, -0.25) is 0 Å². The third kappa shape index (κ3) is 3.39. The van der Waals surface area contributed by atoms with Crippen molar-refractivity contribution in [1.29, 1.82) is 0 Å². The Morgan fingerprint density at radius 1 is 0.870 bits per heavy atom. The third-order valence-corrected chi connectivity index (χ3v) is 4.64. The maximum absolute atomic E-state index is 2.49. The first-order valence-corrected chi connectivity index (χ1v) is 8.59. The average molecular weight is 303 g/mol. The van der Waals surface area contributed by atoms with Crippen molar-refractivity contribution in [3.8, 4) is 0 Å². The summed E-state index contributed by atoms with van der Waals surface area (Å²) in [6.07, 6.45) is 6.81. The van der Waals surface area contributed by atoms with Crippen molar-refractivity contribution >= 4 is 5.57 Å². The minimum Gasteiger partial charge on any atom is -0.366 e. The van der Waals surface area contributed by atoms with Gasteiger partial charge in [0.25, 0.3) is 0 Å². The second-order valence-electron chi connectivity index (χ2n) is 6.06. The first-order valence-electron chi connectivity index (χ1n) is 8.59. The Kier molecular flexibility index (Phi) is 4.97. The zero-order valence-electron chi connectivity index (χ0n) is 14.1. The van der Waals surface area contributed by atoms with Crippen LogP contribution < -0.4 is 0 Å². The van der Waals surface area contributed by atoms with E-state index in [1.54, 1.807) is 5.57 Å². The van der Waals surface area contributed by atoms with E-state index in [9.17, 15) is 0 Å². The van der Waals surface area contributed by atoms with Crippen LogP contribution in [0.1, 0.15) is 37.8 Å². The molecule has 0 fully saturated rings. The van der Waals surface area contributed by atoms with Gasteiger partial charge in [0.1, 0.15) is 0 Å². The second kappa shape index (κ2) is 7.32. The van der Waals surface area contributed by atoms with Gasteiger partial charge in [-0.15, -0.1) is 0 Å². The van der Waals surface area contributed by atoms with Crippen molar-refractivity contribution < 1.29 is 0 Å². The molecule has 0 aliphatic carbocycles. The molecule has 1 aliphatic rings. The fourth-order valence-electron chi connectivity index (χ4n) is 3.52. The molecule has 0 saturated heterocycles. The lowest BCUT2D eigenvalue weighted by Gasteiger charge is -2.36. The molecule has 23 heavy (non-hydrogen) atoms. The van der Waals surface area contributed by atoms with E-state index >= 15 is 0 Å². The Morgan fingerprint density at radius 2 is 1.52 bits per heavy atom. The number of allylic oxidation sites excluding steroid dienone is 2. The van der Waals surface area contributed by atoms with Gasteiger partial charge in [0, 0.05) is 12.7 Å². The smallest absolute Gasteiger partial charge is 0.0506 e. The zero-order chi connectivity index (χ0) is 16.1. The largest absolute Gasteiger partial charge is 0.366 e. The highest BCUT2D eigenvalue weighted by Crippen LogP contribution is 2.33. The van der Waals surface area contributed by atoms with E-state index in [0.29, 0.717) is 6.04 Å². The van der Waals surface area contributed by atoms with Crippen LogP contribution in [0.25, 0.3) is 5.57 Å². The first kappa shape index (κ1) is 15.6. The van der Waals surface area contributed by atoms with Crippen LogP contribution >= 0.6 is 0 Å². The topological polar surface area (TPSA) is 3.24 Å². The molecule has 2 aromatic rings. The second-order valence-corrected chi connectivity index (χ2v) is 6.06. The molecule has 1 heteroatoms. The number of hydrogen-bond donors (Lipinski definition) is 0. The lowest BCUT2D eigenvalue weighted by atomic mass is 9.88. The summed E-state index contributed by atoms with van der Waals surface area (Å²) in [5, 5.41) is 0. The van der Waals surface area contributed by atoms with Gasteiger partial charge in [-0.25, -0.2) is 0 Å². The Morgan fingerprint density at radius 3 is 2.13 bits per heavy atom. The predicted octanol–water partition coefficient (Wildman–Crippen LogP) is 5.66. The monoisotopic (exact) mass is 303 g/mol. The van der Waals surface area contributed by atoms with E-state index in [-0.39, 0.29) is 0 Å². The molecule has 1 aliphatic heterocycles. The molecular formula is C22H25N. The Labute approximate surface area is 140 Å². The molecule has 1 atom stereocenters. The Hall–Kier alpha value is -2.28. The molecule has 0 spiro atoms. The van der Waals surface area contributed by atoms with E-state index in [0.717, 1.165) is 19.4 Å². The van der Waals surface area contributed by atoms with E-state index < -0.39 is 0 Å². The van der Waals surface area contributed by atoms with Crippen LogP contribution in [-0.2, 0) is 6.54 Å². The molecule has 3 rings (SSSR count). The lowest BCUT2D eigenvalue weighted by Crippen LogP contribution is -2.34. The molecule has 0 amide bonds. The molecule has 1 unspecified atom stereocenters. The van der Waals surface area contributed by atoms with Gasteiger partial charge in [0.15, 0.2) is 0 Å². The Bertz CT molecular complexity index is 682. The molecular weight excluding hydrogens is 278 g/mol. The highest BCUT2D eigenvalue weighted by molar-refractivity contribution is 5.78. The summed E-state index contributed by atoms with van der Waals surface area (Å²) in [5.41, 5.74) is 5.66. The van der Waals surface area contributed by atoms with E-state index in [1.807, 2.05) is 0 Å². The van der Waals surface area contributed by atoms with Crippen molar-refractivity contribution in [1.82, 2.24) is 4.90 Å². The number of nitrogens with zero attached hydrogens (tertiary/aromatic N) is 1. The van der Waals surface area contributed by atoms with Gasteiger partial charge in [-0.1, -0.05) is 74.5 Å². The zero-order valence-corrected chi connectivity index (χ0v) is 14.1. The molecule has 0 N–H and O–H groups in total. The van der Waals surface area contributed by atoms with Gasteiger partial charge in [-0.2, -0.15) is 0 Å². The van der Waals surface area contributed by atoms with Crippen molar-refractivity contribution in [3.05, 3.63) is 89.6 Å². The van der Waals surface area contributed by atoms with E-state index in [2.05, 4.69) is 91.7 Å². The summed E-state index contributed by atoms with van der Waals surface area (Å²) >= 11 is 0. The van der Waals surface area contributed by atoms with Crippen LogP contribution in [0.15, 0.2) is 78.5 Å². The highest BCUT2D eigenvalue weighted by atomic mass is 15.1. The standard InChI is InChI=1S/C22H25N/c1-3-20-21(19-13-9-6-10-14-19)15-16-23(22(20)4-2)17-18-11-7-5-8-12-18/h5-16,22H,3-4,17H2,1-2H3. The normalized spacial score (nSPS) is 17.7. The maximum Gasteiger partial charge on any atom is 0.0506 e.